The van der Waals surface area contributed by atoms with Gasteiger partial charge in [-0.1, -0.05) is 42.5 Å². The van der Waals surface area contributed by atoms with Crippen molar-refractivity contribution in [3.05, 3.63) is 60.2 Å². The zero-order valence-electron chi connectivity index (χ0n) is 14.6. The third-order valence-electron chi connectivity index (χ3n) is 5.11. The second-order valence-corrected chi connectivity index (χ2v) is 7.83. The van der Waals surface area contributed by atoms with E-state index in [1.54, 1.807) is 16.7 Å². The smallest absolute Gasteiger partial charge is 0.242 e. The number of rotatable bonds is 4. The van der Waals surface area contributed by atoms with Crippen LogP contribution in [-0.4, -0.2) is 41.6 Å². The van der Waals surface area contributed by atoms with Crippen molar-refractivity contribution < 1.29 is 9.59 Å². The molecule has 4 nitrogen and oxygen atoms in total. The van der Waals surface area contributed by atoms with Crippen molar-refractivity contribution in [1.82, 2.24) is 4.90 Å². The fraction of sp³-hybridized carbons (Fsp3) is 0.333. The summed E-state index contributed by atoms with van der Waals surface area (Å²) >= 11 is 1.55. The largest absolute Gasteiger partial charge is 0.338 e. The van der Waals surface area contributed by atoms with Gasteiger partial charge in [-0.25, -0.2) is 0 Å². The molecule has 0 aromatic heterocycles. The molecular weight excluding hydrogens is 344 g/mol. The van der Waals surface area contributed by atoms with Crippen LogP contribution in [0.1, 0.15) is 18.4 Å². The minimum Gasteiger partial charge on any atom is -0.338 e. The summed E-state index contributed by atoms with van der Waals surface area (Å²) in [6.45, 7) is 0.927. The predicted molar refractivity (Wildman–Crippen MR) is 104 cm³/mol. The summed E-state index contributed by atoms with van der Waals surface area (Å²) in [5, 5.41) is 0. The van der Waals surface area contributed by atoms with Gasteiger partial charge in [0.2, 0.25) is 11.8 Å². The first-order chi connectivity index (χ1) is 12.7. The minimum absolute atomic E-state index is 0.0147. The molecule has 0 aliphatic carbocycles. The fourth-order valence-corrected chi connectivity index (χ4v) is 4.75. The van der Waals surface area contributed by atoms with E-state index in [4.69, 9.17) is 0 Å². The number of carbonyl (C=O) groups excluding carboxylic acids is 2. The second-order valence-electron chi connectivity index (χ2n) is 6.81. The zero-order chi connectivity index (χ0) is 17.9. The number of fused-ring (bicyclic) bond motifs is 1. The Bertz CT molecular complexity index is 809. The Morgan fingerprint density at radius 3 is 2.69 bits per heavy atom. The number of carbonyl (C=O) groups is 2. The van der Waals surface area contributed by atoms with Crippen LogP contribution in [-0.2, 0) is 16.0 Å². The lowest BCUT2D eigenvalue weighted by Gasteiger charge is -2.31. The van der Waals surface area contributed by atoms with Gasteiger partial charge in [0.25, 0.3) is 0 Å². The highest BCUT2D eigenvalue weighted by molar-refractivity contribution is 8.00. The maximum absolute atomic E-state index is 13.0. The predicted octanol–water partition coefficient (Wildman–Crippen LogP) is 3.36. The number of hydrogen-bond donors (Lipinski definition) is 0. The molecule has 26 heavy (non-hydrogen) atoms. The number of hydrogen-bond acceptors (Lipinski definition) is 3. The lowest BCUT2D eigenvalue weighted by atomic mass is 10.0. The molecule has 0 radical (unpaired) electrons. The summed E-state index contributed by atoms with van der Waals surface area (Å²) in [5.41, 5.74) is 2.12. The molecule has 2 amide bonds. The summed E-state index contributed by atoms with van der Waals surface area (Å²) in [4.78, 5) is 30.1. The molecule has 1 unspecified atom stereocenters. The van der Waals surface area contributed by atoms with Crippen LogP contribution >= 0.6 is 11.8 Å². The van der Waals surface area contributed by atoms with Crippen molar-refractivity contribution in [2.75, 3.05) is 23.7 Å². The van der Waals surface area contributed by atoms with Gasteiger partial charge in [0.15, 0.2) is 0 Å². The van der Waals surface area contributed by atoms with Gasteiger partial charge in [-0.3, -0.25) is 9.59 Å². The Kier molecular flexibility index (Phi) is 4.98. The van der Waals surface area contributed by atoms with Gasteiger partial charge in [-0.05, 0) is 37.0 Å². The van der Waals surface area contributed by atoms with Crippen molar-refractivity contribution in [3.8, 4) is 0 Å². The van der Waals surface area contributed by atoms with Crippen LogP contribution in [0, 0.1) is 0 Å². The van der Waals surface area contributed by atoms with E-state index in [2.05, 4.69) is 12.1 Å². The topological polar surface area (TPSA) is 40.6 Å². The molecule has 0 bridgehead atoms. The summed E-state index contributed by atoms with van der Waals surface area (Å²) in [5.74, 6) is 0.469. The van der Waals surface area contributed by atoms with Crippen LogP contribution in [0.2, 0.25) is 0 Å². The Balaban J connectivity index is 1.48. The summed E-state index contributed by atoms with van der Waals surface area (Å²) in [6, 6.07) is 18.4. The molecule has 2 aliphatic heterocycles. The molecule has 1 fully saturated rings. The third kappa shape index (κ3) is 3.49. The number of para-hydroxylation sites is 1. The second kappa shape index (κ2) is 7.54. The van der Waals surface area contributed by atoms with Gasteiger partial charge in [-0.15, -0.1) is 11.8 Å². The molecule has 1 atom stereocenters. The maximum Gasteiger partial charge on any atom is 0.242 e. The van der Waals surface area contributed by atoms with Crippen LogP contribution in [0.25, 0.3) is 0 Å². The number of amides is 2. The van der Waals surface area contributed by atoms with Crippen LogP contribution in [0.5, 0.6) is 0 Å². The van der Waals surface area contributed by atoms with Crippen molar-refractivity contribution >= 4 is 29.3 Å². The zero-order valence-corrected chi connectivity index (χ0v) is 15.5. The van der Waals surface area contributed by atoms with Gasteiger partial charge in [0.1, 0.15) is 6.54 Å². The van der Waals surface area contributed by atoms with Gasteiger partial charge >= 0.3 is 0 Å². The SMILES string of the molecule is O=C1CSc2ccccc2N1CC(=O)N1CCCC1Cc1ccccc1. The molecule has 2 heterocycles. The lowest BCUT2D eigenvalue weighted by Crippen LogP contribution is -2.46. The molecule has 1 saturated heterocycles. The van der Waals surface area contributed by atoms with Crippen LogP contribution in [0.3, 0.4) is 0 Å². The number of benzene rings is 2. The lowest BCUT2D eigenvalue weighted by molar-refractivity contribution is -0.131. The molecule has 2 aliphatic rings. The van der Waals surface area contributed by atoms with E-state index < -0.39 is 0 Å². The van der Waals surface area contributed by atoms with Gasteiger partial charge < -0.3 is 9.80 Å². The normalized spacial score (nSPS) is 19.5. The molecule has 0 N–H and O–H groups in total. The van der Waals surface area contributed by atoms with E-state index >= 15 is 0 Å². The van der Waals surface area contributed by atoms with Crippen molar-refractivity contribution in [2.24, 2.45) is 0 Å². The number of anilines is 1. The first kappa shape index (κ1) is 17.2. The monoisotopic (exact) mass is 366 g/mol. The molecule has 0 spiro atoms. The van der Waals surface area contributed by atoms with E-state index in [-0.39, 0.29) is 24.4 Å². The van der Waals surface area contributed by atoms with Gasteiger partial charge in [0.05, 0.1) is 11.4 Å². The molecule has 2 aromatic carbocycles. The average molecular weight is 366 g/mol. The highest BCUT2D eigenvalue weighted by atomic mass is 32.2. The fourth-order valence-electron chi connectivity index (χ4n) is 3.82. The number of likely N-dealkylation sites (tertiary alicyclic amines) is 1. The molecule has 4 rings (SSSR count). The number of thioether (sulfide) groups is 1. The van der Waals surface area contributed by atoms with Crippen LogP contribution in [0.4, 0.5) is 5.69 Å². The third-order valence-corrected chi connectivity index (χ3v) is 6.16. The van der Waals surface area contributed by atoms with Crippen LogP contribution in [0.15, 0.2) is 59.5 Å². The molecule has 0 saturated carbocycles. The Morgan fingerprint density at radius 2 is 1.85 bits per heavy atom. The van der Waals surface area contributed by atoms with Crippen molar-refractivity contribution in [2.45, 2.75) is 30.2 Å². The van der Waals surface area contributed by atoms with Gasteiger partial charge in [-0.2, -0.15) is 0 Å². The standard InChI is InChI=1S/C21H22N2O2S/c24-20(14-23-18-10-4-5-11-19(18)26-15-21(23)25)22-12-6-9-17(22)13-16-7-2-1-3-8-16/h1-5,7-8,10-11,17H,6,9,12-15H2. The minimum atomic E-state index is 0.0147. The summed E-state index contributed by atoms with van der Waals surface area (Å²) in [6.07, 6.45) is 2.94. The molecular formula is C21H22N2O2S. The quantitative estimate of drug-likeness (QED) is 0.833. The average Bonchev–Trinajstić information content (AvgIpc) is 3.13. The number of nitrogens with zero attached hydrogens (tertiary/aromatic N) is 2. The van der Waals surface area contributed by atoms with E-state index in [1.807, 2.05) is 47.4 Å². The summed E-state index contributed by atoms with van der Waals surface area (Å²) in [7, 11) is 0. The molecule has 5 heteroatoms. The van der Waals surface area contributed by atoms with E-state index in [1.165, 1.54) is 5.56 Å². The Hall–Kier alpha value is -2.27. The van der Waals surface area contributed by atoms with Crippen molar-refractivity contribution in [1.29, 1.82) is 0 Å². The Morgan fingerprint density at radius 1 is 1.08 bits per heavy atom. The van der Waals surface area contributed by atoms with E-state index in [0.717, 1.165) is 36.4 Å². The highest BCUT2D eigenvalue weighted by Crippen LogP contribution is 2.35. The maximum atomic E-state index is 13.0. The summed E-state index contributed by atoms with van der Waals surface area (Å²) < 4.78 is 0. The first-order valence-electron chi connectivity index (χ1n) is 9.08. The van der Waals surface area contributed by atoms with Crippen molar-refractivity contribution in [3.63, 3.8) is 0 Å². The molecule has 2 aromatic rings. The van der Waals surface area contributed by atoms with Gasteiger partial charge in [0, 0.05) is 17.5 Å². The first-order valence-corrected chi connectivity index (χ1v) is 10.1. The molecule has 134 valence electrons. The Labute approximate surface area is 158 Å². The van der Waals surface area contributed by atoms with Crippen LogP contribution < -0.4 is 4.90 Å². The highest BCUT2D eigenvalue weighted by Gasteiger charge is 2.32. The van der Waals surface area contributed by atoms with E-state index in [0.29, 0.717) is 5.75 Å². The van der Waals surface area contributed by atoms with E-state index in [9.17, 15) is 9.59 Å².